The Balaban J connectivity index is 2.60. The fraction of sp³-hybridized carbons (Fsp3) is 0.500. The minimum absolute atomic E-state index is 0.133. The van der Waals surface area contributed by atoms with Gasteiger partial charge < -0.3 is 5.32 Å². The molecule has 0 aliphatic carbocycles. The predicted molar refractivity (Wildman–Crippen MR) is 85.0 cm³/mol. The number of rotatable bonds is 7. The summed E-state index contributed by atoms with van der Waals surface area (Å²) in [5, 5.41) is 3.34. The molecular weight excluding hydrogens is 312 g/mol. The average molecular weight is 333 g/mol. The second-order valence-corrected chi connectivity index (χ2v) is 7.62. The molecule has 0 unspecified atom stereocenters. The molecule has 1 atom stereocenters. The third-order valence-electron chi connectivity index (χ3n) is 3.25. The third kappa shape index (κ3) is 5.65. The third-order valence-corrected chi connectivity index (χ3v) is 5.24. The van der Waals surface area contributed by atoms with Crippen molar-refractivity contribution in [1.29, 1.82) is 0 Å². The first-order valence-corrected chi connectivity index (χ1v) is 8.67. The summed E-state index contributed by atoms with van der Waals surface area (Å²) in [5.41, 5.74) is 1.07. The summed E-state index contributed by atoms with van der Waals surface area (Å²) >= 11 is 5.85. The molecule has 1 rings (SSSR count). The molecule has 118 valence electrons. The molecule has 0 aliphatic rings. The van der Waals surface area contributed by atoms with Crippen molar-refractivity contribution in [2.24, 2.45) is 0 Å². The lowest BCUT2D eigenvalue weighted by Gasteiger charge is -2.17. The Morgan fingerprint density at radius 1 is 1.29 bits per heavy atom. The molecule has 0 saturated carbocycles. The van der Waals surface area contributed by atoms with Gasteiger partial charge in [0.05, 0.1) is 0 Å². The largest absolute Gasteiger partial charge is 0.355 e. The van der Waals surface area contributed by atoms with Crippen LogP contribution in [0.4, 0.5) is 0 Å². The number of nitrogens with zero attached hydrogens (tertiary/aromatic N) is 1. The van der Waals surface area contributed by atoms with Crippen molar-refractivity contribution in [2.45, 2.75) is 19.3 Å². The lowest BCUT2D eigenvalue weighted by Crippen LogP contribution is -2.37. The van der Waals surface area contributed by atoms with Crippen LogP contribution in [0.1, 0.15) is 24.8 Å². The molecule has 1 aromatic carbocycles. The lowest BCUT2D eigenvalue weighted by atomic mass is 9.96. The van der Waals surface area contributed by atoms with E-state index in [4.69, 9.17) is 11.6 Å². The first kappa shape index (κ1) is 17.9. The van der Waals surface area contributed by atoms with Gasteiger partial charge in [0.25, 0.3) is 0 Å². The van der Waals surface area contributed by atoms with Crippen LogP contribution >= 0.6 is 11.6 Å². The number of hydrogen-bond donors (Lipinski definition) is 1. The van der Waals surface area contributed by atoms with E-state index in [9.17, 15) is 13.2 Å². The predicted octanol–water partition coefficient (Wildman–Crippen LogP) is 1.84. The van der Waals surface area contributed by atoms with Gasteiger partial charge in [0.15, 0.2) is 0 Å². The molecule has 1 aromatic rings. The normalized spacial score (nSPS) is 13.2. The number of carbonyl (C=O) groups excluding carboxylic acids is 1. The van der Waals surface area contributed by atoms with E-state index in [1.165, 1.54) is 14.1 Å². The summed E-state index contributed by atoms with van der Waals surface area (Å²) in [4.78, 5) is 11.7. The van der Waals surface area contributed by atoms with Crippen molar-refractivity contribution < 1.29 is 13.2 Å². The van der Waals surface area contributed by atoms with Crippen molar-refractivity contribution >= 4 is 27.5 Å². The summed E-state index contributed by atoms with van der Waals surface area (Å²) < 4.78 is 24.3. The van der Waals surface area contributed by atoms with Crippen LogP contribution in [0.15, 0.2) is 24.3 Å². The van der Waals surface area contributed by atoms with E-state index in [2.05, 4.69) is 5.32 Å². The molecule has 0 fully saturated rings. The molecule has 7 heteroatoms. The minimum Gasteiger partial charge on any atom is -0.355 e. The fourth-order valence-electron chi connectivity index (χ4n) is 1.82. The molecule has 0 heterocycles. The van der Waals surface area contributed by atoms with Crippen molar-refractivity contribution in [3.63, 3.8) is 0 Å². The van der Waals surface area contributed by atoms with Gasteiger partial charge in [0.2, 0.25) is 15.9 Å². The monoisotopic (exact) mass is 332 g/mol. The zero-order valence-electron chi connectivity index (χ0n) is 12.5. The maximum absolute atomic E-state index is 11.7. The molecule has 5 nitrogen and oxygen atoms in total. The lowest BCUT2D eigenvalue weighted by molar-refractivity contribution is -0.118. The molecule has 0 aromatic heterocycles. The van der Waals surface area contributed by atoms with Crippen LogP contribution in [-0.2, 0) is 14.8 Å². The van der Waals surface area contributed by atoms with Crippen LogP contribution < -0.4 is 5.32 Å². The summed E-state index contributed by atoms with van der Waals surface area (Å²) in [5.74, 6) is -0.888. The van der Waals surface area contributed by atoms with E-state index in [1.807, 2.05) is 19.1 Å². The Kier molecular flexibility index (Phi) is 6.64. The zero-order valence-corrected chi connectivity index (χ0v) is 14.0. The quantitative estimate of drug-likeness (QED) is 0.828. The molecule has 0 spiro atoms. The van der Waals surface area contributed by atoms with E-state index in [1.54, 1.807) is 12.1 Å². The highest BCUT2D eigenvalue weighted by Gasteiger charge is 2.19. The number of carbonyl (C=O) groups is 1. The SMILES string of the molecule is CC[C@H](CNC(=O)CS(=O)(=O)N(C)C)c1ccc(Cl)cc1. The van der Waals surface area contributed by atoms with E-state index in [0.717, 1.165) is 16.3 Å². The molecule has 1 N–H and O–H groups in total. The zero-order chi connectivity index (χ0) is 16.0. The molecule has 0 aliphatic heterocycles. The molecule has 0 bridgehead atoms. The van der Waals surface area contributed by atoms with Gasteiger partial charge in [-0.15, -0.1) is 0 Å². The minimum atomic E-state index is -3.52. The summed E-state index contributed by atoms with van der Waals surface area (Å²) in [6, 6.07) is 7.44. The Hall–Kier alpha value is -1.11. The van der Waals surface area contributed by atoms with Crippen molar-refractivity contribution in [1.82, 2.24) is 9.62 Å². The van der Waals surface area contributed by atoms with E-state index in [-0.39, 0.29) is 5.92 Å². The smallest absolute Gasteiger partial charge is 0.236 e. The van der Waals surface area contributed by atoms with Crippen LogP contribution in [0, 0.1) is 0 Å². The molecular formula is C14H21ClN2O3S. The Morgan fingerprint density at radius 3 is 2.33 bits per heavy atom. The number of halogens is 1. The summed E-state index contributed by atoms with van der Waals surface area (Å²) in [7, 11) is -0.703. The molecule has 0 saturated heterocycles. The van der Waals surface area contributed by atoms with Crippen molar-refractivity contribution in [2.75, 3.05) is 26.4 Å². The van der Waals surface area contributed by atoms with Gasteiger partial charge in [-0.3, -0.25) is 4.79 Å². The number of amides is 1. The molecule has 0 radical (unpaired) electrons. The second kappa shape index (κ2) is 7.77. The van der Waals surface area contributed by atoms with Gasteiger partial charge in [-0.1, -0.05) is 30.7 Å². The standard InChI is InChI=1S/C14H21ClN2O3S/c1-4-11(12-5-7-13(15)8-6-12)9-16-14(18)10-21(19,20)17(2)3/h5-8,11H,4,9-10H2,1-3H3,(H,16,18)/t11-/m1/s1. The number of hydrogen-bond acceptors (Lipinski definition) is 3. The first-order valence-electron chi connectivity index (χ1n) is 6.68. The Morgan fingerprint density at radius 2 is 1.86 bits per heavy atom. The Labute approximate surface area is 131 Å². The molecule has 21 heavy (non-hydrogen) atoms. The first-order chi connectivity index (χ1) is 9.76. The van der Waals surface area contributed by atoms with Gasteiger partial charge in [-0.2, -0.15) is 0 Å². The highest BCUT2D eigenvalue weighted by atomic mass is 35.5. The average Bonchev–Trinajstić information content (AvgIpc) is 2.40. The van der Waals surface area contributed by atoms with E-state index >= 15 is 0 Å². The van der Waals surface area contributed by atoms with Crippen molar-refractivity contribution in [3.05, 3.63) is 34.9 Å². The highest BCUT2D eigenvalue weighted by Crippen LogP contribution is 2.20. The van der Waals surface area contributed by atoms with Gasteiger partial charge in [0.1, 0.15) is 5.75 Å². The van der Waals surface area contributed by atoms with Gasteiger partial charge >= 0.3 is 0 Å². The van der Waals surface area contributed by atoms with E-state index in [0.29, 0.717) is 11.6 Å². The van der Waals surface area contributed by atoms with E-state index < -0.39 is 21.7 Å². The van der Waals surface area contributed by atoms with Crippen LogP contribution in [0.2, 0.25) is 5.02 Å². The number of sulfonamides is 1. The highest BCUT2D eigenvalue weighted by molar-refractivity contribution is 7.89. The topological polar surface area (TPSA) is 66.5 Å². The van der Waals surface area contributed by atoms with Gasteiger partial charge in [-0.25, -0.2) is 12.7 Å². The van der Waals surface area contributed by atoms with Crippen LogP contribution in [0.25, 0.3) is 0 Å². The number of nitrogens with one attached hydrogen (secondary N) is 1. The summed E-state index contributed by atoms with van der Waals surface area (Å²) in [6.07, 6.45) is 0.836. The van der Waals surface area contributed by atoms with Gasteiger partial charge in [0, 0.05) is 31.6 Å². The fourth-order valence-corrected chi connectivity index (χ4v) is 2.63. The van der Waals surface area contributed by atoms with Gasteiger partial charge in [-0.05, 0) is 24.1 Å². The maximum Gasteiger partial charge on any atom is 0.236 e. The maximum atomic E-state index is 11.7. The van der Waals surface area contributed by atoms with Crippen molar-refractivity contribution in [3.8, 4) is 0 Å². The summed E-state index contributed by atoms with van der Waals surface area (Å²) in [6.45, 7) is 2.42. The second-order valence-electron chi connectivity index (χ2n) is 5.00. The van der Waals surface area contributed by atoms with Crippen LogP contribution in [0.5, 0.6) is 0 Å². The Bertz CT molecular complexity index is 570. The number of benzene rings is 1. The van der Waals surface area contributed by atoms with Crippen LogP contribution in [-0.4, -0.2) is 45.0 Å². The van der Waals surface area contributed by atoms with Crippen LogP contribution in [0.3, 0.4) is 0 Å². The molecule has 1 amide bonds.